The van der Waals surface area contributed by atoms with Gasteiger partial charge in [-0.2, -0.15) is 18.3 Å². The Bertz CT molecular complexity index is 1270. The van der Waals surface area contributed by atoms with Gasteiger partial charge in [0.1, 0.15) is 17.6 Å². The Morgan fingerprint density at radius 1 is 1.16 bits per heavy atom. The Morgan fingerprint density at radius 3 is 2.75 bits per heavy atom. The molecule has 0 saturated carbocycles. The van der Waals surface area contributed by atoms with E-state index in [1.807, 2.05) is 20.0 Å². The minimum atomic E-state index is -4.57. The Morgan fingerprint density at radius 2 is 2.00 bits per heavy atom. The highest BCUT2D eigenvalue weighted by Gasteiger charge is 2.33. The number of ether oxygens (including phenoxy) is 1. The molecular formula is C20H19F3N8O. The Balaban J connectivity index is 1.49. The summed E-state index contributed by atoms with van der Waals surface area (Å²) in [4.78, 5) is 18.6. The number of morpholine rings is 1. The van der Waals surface area contributed by atoms with E-state index < -0.39 is 11.9 Å². The van der Waals surface area contributed by atoms with Gasteiger partial charge in [0.25, 0.3) is 0 Å². The van der Waals surface area contributed by atoms with Crippen LogP contribution in [-0.2, 0) is 10.9 Å². The van der Waals surface area contributed by atoms with Gasteiger partial charge in [-0.15, -0.1) is 0 Å². The van der Waals surface area contributed by atoms with Gasteiger partial charge >= 0.3 is 6.18 Å². The van der Waals surface area contributed by atoms with Gasteiger partial charge in [0.15, 0.2) is 17.2 Å². The summed E-state index contributed by atoms with van der Waals surface area (Å²) in [6, 6.07) is 1.77. The normalized spacial score (nSPS) is 19.6. The summed E-state index contributed by atoms with van der Waals surface area (Å²) in [5, 5.41) is 7.03. The standard InChI is InChI=1S/C20H19F3N8O/c1-11-8-30(9-15(32-11)13-5-27-29-12(13)2)17-3-4-24-19(28-17)14-6-26-18-7-25-16(10-31(14)18)20(21,22)23/h3-7,10-11,15H,8-9H2,1-2H3,(H,27,29)/t11-,15?/m0/s1. The summed E-state index contributed by atoms with van der Waals surface area (Å²) in [5.41, 5.74) is 1.45. The molecule has 12 heteroatoms. The third-order valence-electron chi connectivity index (χ3n) is 5.36. The van der Waals surface area contributed by atoms with Crippen molar-refractivity contribution in [3.8, 4) is 11.5 Å². The first-order valence-corrected chi connectivity index (χ1v) is 9.94. The van der Waals surface area contributed by atoms with Crippen molar-refractivity contribution in [2.24, 2.45) is 0 Å². The van der Waals surface area contributed by atoms with Crippen LogP contribution in [0.1, 0.15) is 30.0 Å². The van der Waals surface area contributed by atoms with Gasteiger partial charge < -0.3 is 9.64 Å². The molecule has 1 aliphatic heterocycles. The van der Waals surface area contributed by atoms with E-state index >= 15 is 0 Å². The van der Waals surface area contributed by atoms with E-state index in [9.17, 15) is 13.2 Å². The second-order valence-corrected chi connectivity index (χ2v) is 7.65. The molecule has 1 fully saturated rings. The molecule has 5 rings (SSSR count). The molecule has 4 aromatic heterocycles. The maximum atomic E-state index is 13.1. The second-order valence-electron chi connectivity index (χ2n) is 7.65. The molecule has 1 N–H and O–H groups in total. The Hall–Kier alpha value is -3.54. The van der Waals surface area contributed by atoms with Crippen molar-refractivity contribution in [2.75, 3.05) is 18.0 Å². The van der Waals surface area contributed by atoms with Crippen LogP contribution >= 0.6 is 0 Å². The van der Waals surface area contributed by atoms with Crippen LogP contribution in [0.3, 0.4) is 0 Å². The highest BCUT2D eigenvalue weighted by molar-refractivity contribution is 5.58. The molecule has 5 heterocycles. The third kappa shape index (κ3) is 3.66. The van der Waals surface area contributed by atoms with Crippen LogP contribution in [0, 0.1) is 6.92 Å². The van der Waals surface area contributed by atoms with Crippen LogP contribution in [0.4, 0.5) is 19.0 Å². The molecule has 1 saturated heterocycles. The lowest BCUT2D eigenvalue weighted by atomic mass is 10.1. The zero-order chi connectivity index (χ0) is 22.5. The van der Waals surface area contributed by atoms with E-state index in [0.717, 1.165) is 23.7 Å². The van der Waals surface area contributed by atoms with Crippen LogP contribution in [0.15, 0.2) is 37.1 Å². The van der Waals surface area contributed by atoms with Crippen LogP contribution in [0.25, 0.3) is 17.2 Å². The molecule has 32 heavy (non-hydrogen) atoms. The number of aryl methyl sites for hydroxylation is 1. The molecule has 0 bridgehead atoms. The molecule has 1 aliphatic rings. The molecule has 0 radical (unpaired) electrons. The fourth-order valence-electron chi connectivity index (χ4n) is 3.85. The zero-order valence-electron chi connectivity index (χ0n) is 17.2. The molecule has 4 aromatic rings. The van der Waals surface area contributed by atoms with Gasteiger partial charge in [0.05, 0.1) is 30.7 Å². The summed E-state index contributed by atoms with van der Waals surface area (Å²) < 4.78 is 46.8. The van der Waals surface area contributed by atoms with Crippen molar-refractivity contribution in [2.45, 2.75) is 32.2 Å². The van der Waals surface area contributed by atoms with Crippen molar-refractivity contribution in [3.05, 3.63) is 54.0 Å². The SMILES string of the molecule is Cc1n[nH]cc1C1CN(c2ccnc(-c3cnc4cnc(C(F)(F)F)cn34)n2)C[C@H](C)O1. The molecule has 0 spiro atoms. The lowest BCUT2D eigenvalue weighted by molar-refractivity contribution is -0.141. The average molecular weight is 444 g/mol. The van der Waals surface area contributed by atoms with Crippen LogP contribution in [-0.4, -0.2) is 53.7 Å². The third-order valence-corrected chi connectivity index (χ3v) is 5.36. The number of halogens is 3. The molecule has 0 aliphatic carbocycles. The topological polar surface area (TPSA) is 97.1 Å². The van der Waals surface area contributed by atoms with Gasteiger partial charge in [-0.05, 0) is 19.9 Å². The first kappa shape index (κ1) is 20.4. The smallest absolute Gasteiger partial charge is 0.367 e. The number of rotatable bonds is 3. The first-order chi connectivity index (χ1) is 15.3. The average Bonchev–Trinajstić information content (AvgIpc) is 3.38. The predicted molar refractivity (Wildman–Crippen MR) is 108 cm³/mol. The summed E-state index contributed by atoms with van der Waals surface area (Å²) >= 11 is 0. The molecule has 0 aromatic carbocycles. The van der Waals surface area contributed by atoms with E-state index in [1.165, 1.54) is 10.6 Å². The number of aromatic nitrogens is 7. The largest absolute Gasteiger partial charge is 0.434 e. The second kappa shape index (κ2) is 7.55. The van der Waals surface area contributed by atoms with Gasteiger partial charge in [-0.3, -0.25) is 9.50 Å². The number of hydrogen-bond donors (Lipinski definition) is 1. The highest BCUT2D eigenvalue weighted by atomic mass is 19.4. The van der Waals surface area contributed by atoms with Gasteiger partial charge in [-0.25, -0.2) is 19.9 Å². The highest BCUT2D eigenvalue weighted by Crippen LogP contribution is 2.31. The summed E-state index contributed by atoms with van der Waals surface area (Å²) in [6.45, 7) is 5.05. The van der Waals surface area contributed by atoms with E-state index in [1.54, 1.807) is 12.3 Å². The van der Waals surface area contributed by atoms with E-state index in [-0.39, 0.29) is 23.7 Å². The summed E-state index contributed by atoms with van der Waals surface area (Å²) in [7, 11) is 0. The molecule has 2 atom stereocenters. The number of alkyl halides is 3. The number of hydrogen-bond acceptors (Lipinski definition) is 7. The number of H-pyrrole nitrogens is 1. The zero-order valence-corrected chi connectivity index (χ0v) is 17.2. The minimum absolute atomic E-state index is 0.0577. The van der Waals surface area contributed by atoms with E-state index in [2.05, 4.69) is 35.0 Å². The van der Waals surface area contributed by atoms with Gasteiger partial charge in [0.2, 0.25) is 0 Å². The molecule has 1 unspecified atom stereocenters. The summed E-state index contributed by atoms with van der Waals surface area (Å²) in [5.74, 6) is 0.917. The lowest BCUT2D eigenvalue weighted by Gasteiger charge is -2.37. The minimum Gasteiger partial charge on any atom is -0.367 e. The lowest BCUT2D eigenvalue weighted by Crippen LogP contribution is -2.43. The quantitative estimate of drug-likeness (QED) is 0.518. The molecular weight excluding hydrogens is 425 g/mol. The van der Waals surface area contributed by atoms with Crippen molar-refractivity contribution in [1.82, 2.24) is 34.5 Å². The predicted octanol–water partition coefficient (Wildman–Crippen LogP) is 3.20. The maximum absolute atomic E-state index is 13.1. The molecule has 0 amide bonds. The van der Waals surface area contributed by atoms with Crippen molar-refractivity contribution < 1.29 is 17.9 Å². The molecule has 166 valence electrons. The maximum Gasteiger partial charge on any atom is 0.434 e. The number of anilines is 1. The van der Waals surface area contributed by atoms with Gasteiger partial charge in [0, 0.05) is 30.7 Å². The number of nitrogens with one attached hydrogen (secondary N) is 1. The van der Waals surface area contributed by atoms with Crippen molar-refractivity contribution in [1.29, 1.82) is 0 Å². The van der Waals surface area contributed by atoms with E-state index in [0.29, 0.717) is 24.6 Å². The number of imidazole rings is 1. The molecule has 9 nitrogen and oxygen atoms in total. The van der Waals surface area contributed by atoms with Gasteiger partial charge in [-0.1, -0.05) is 0 Å². The van der Waals surface area contributed by atoms with Crippen molar-refractivity contribution >= 4 is 11.5 Å². The van der Waals surface area contributed by atoms with Crippen LogP contribution < -0.4 is 4.90 Å². The Kier molecular flexibility index (Phi) is 4.81. The van der Waals surface area contributed by atoms with Crippen molar-refractivity contribution in [3.63, 3.8) is 0 Å². The number of fused-ring (bicyclic) bond motifs is 1. The van der Waals surface area contributed by atoms with E-state index in [4.69, 9.17) is 4.74 Å². The fourth-order valence-corrected chi connectivity index (χ4v) is 3.85. The number of aromatic amines is 1. The summed E-state index contributed by atoms with van der Waals surface area (Å²) in [6.07, 6.45) is 2.02. The Labute approximate surface area is 180 Å². The van der Waals surface area contributed by atoms with Crippen LogP contribution in [0.2, 0.25) is 0 Å². The number of nitrogens with zero attached hydrogens (tertiary/aromatic N) is 7. The van der Waals surface area contributed by atoms with Crippen LogP contribution in [0.5, 0.6) is 0 Å². The fraction of sp³-hybridized carbons (Fsp3) is 0.350. The monoisotopic (exact) mass is 444 g/mol. The first-order valence-electron chi connectivity index (χ1n) is 9.94.